The molecule has 0 radical (unpaired) electrons. The van der Waals surface area contributed by atoms with Crippen molar-refractivity contribution < 1.29 is 14.3 Å². The SMILES string of the molecule is COc1cccc(C2CC(C(=O)Nc3ccccc3OC)NN2)c1. The van der Waals surface area contributed by atoms with Crippen LogP contribution in [-0.2, 0) is 4.79 Å². The number of para-hydroxylation sites is 2. The highest BCUT2D eigenvalue weighted by Crippen LogP contribution is 2.27. The van der Waals surface area contributed by atoms with Crippen molar-refractivity contribution in [2.24, 2.45) is 0 Å². The summed E-state index contributed by atoms with van der Waals surface area (Å²) in [6.07, 6.45) is 0.647. The molecule has 1 aliphatic rings. The molecule has 2 aromatic carbocycles. The number of hydrogen-bond donors (Lipinski definition) is 3. The molecule has 6 nitrogen and oxygen atoms in total. The number of hydrogen-bond acceptors (Lipinski definition) is 5. The molecule has 126 valence electrons. The third-order valence-electron chi connectivity index (χ3n) is 4.08. The van der Waals surface area contributed by atoms with Gasteiger partial charge in [0.1, 0.15) is 17.5 Å². The van der Waals surface area contributed by atoms with Gasteiger partial charge in [-0.05, 0) is 36.2 Å². The van der Waals surface area contributed by atoms with E-state index >= 15 is 0 Å². The smallest absolute Gasteiger partial charge is 0.243 e. The number of benzene rings is 2. The minimum absolute atomic E-state index is 0.0496. The first kappa shape index (κ1) is 16.3. The molecule has 3 rings (SSSR count). The minimum atomic E-state index is -0.328. The molecule has 0 aliphatic carbocycles. The Kier molecular flexibility index (Phi) is 4.98. The summed E-state index contributed by atoms with van der Waals surface area (Å²) in [6.45, 7) is 0. The predicted octanol–water partition coefficient (Wildman–Crippen LogP) is 2.25. The van der Waals surface area contributed by atoms with E-state index in [2.05, 4.69) is 16.2 Å². The van der Waals surface area contributed by atoms with Gasteiger partial charge in [-0.15, -0.1) is 0 Å². The molecular formula is C18H21N3O3. The van der Waals surface area contributed by atoms with Crippen LogP contribution >= 0.6 is 0 Å². The topological polar surface area (TPSA) is 71.6 Å². The molecule has 2 aromatic rings. The van der Waals surface area contributed by atoms with Crippen molar-refractivity contribution in [1.29, 1.82) is 0 Å². The highest BCUT2D eigenvalue weighted by Gasteiger charge is 2.30. The number of ether oxygens (including phenoxy) is 2. The second-order valence-corrected chi connectivity index (χ2v) is 5.60. The molecular weight excluding hydrogens is 306 g/mol. The van der Waals surface area contributed by atoms with E-state index in [1.165, 1.54) is 0 Å². The Balaban J connectivity index is 1.65. The molecule has 0 spiro atoms. The van der Waals surface area contributed by atoms with Crippen LogP contribution in [0.3, 0.4) is 0 Å². The third kappa shape index (κ3) is 3.50. The van der Waals surface area contributed by atoms with Crippen LogP contribution in [0.5, 0.6) is 11.5 Å². The zero-order chi connectivity index (χ0) is 16.9. The van der Waals surface area contributed by atoms with Crippen molar-refractivity contribution in [2.45, 2.75) is 18.5 Å². The fourth-order valence-corrected chi connectivity index (χ4v) is 2.77. The van der Waals surface area contributed by atoms with Gasteiger partial charge in [0.05, 0.1) is 19.9 Å². The molecule has 1 heterocycles. The van der Waals surface area contributed by atoms with Crippen molar-refractivity contribution in [3.8, 4) is 11.5 Å². The monoisotopic (exact) mass is 327 g/mol. The van der Waals surface area contributed by atoms with E-state index in [1.54, 1.807) is 14.2 Å². The normalized spacial score (nSPS) is 19.8. The van der Waals surface area contributed by atoms with E-state index in [1.807, 2.05) is 48.5 Å². The number of amides is 1. The summed E-state index contributed by atoms with van der Waals surface area (Å²) in [5, 5.41) is 2.91. The van der Waals surface area contributed by atoms with E-state index < -0.39 is 0 Å². The van der Waals surface area contributed by atoms with Crippen LogP contribution in [0, 0.1) is 0 Å². The van der Waals surface area contributed by atoms with Gasteiger partial charge >= 0.3 is 0 Å². The number of rotatable bonds is 5. The standard InChI is InChI=1S/C18H21N3O3/c1-23-13-7-5-6-12(10-13)15-11-16(21-20-15)18(22)19-14-8-3-4-9-17(14)24-2/h3-10,15-16,20-21H,11H2,1-2H3,(H,19,22). The molecule has 1 fully saturated rings. The highest BCUT2D eigenvalue weighted by atomic mass is 16.5. The second kappa shape index (κ2) is 7.33. The molecule has 6 heteroatoms. The van der Waals surface area contributed by atoms with Crippen LogP contribution < -0.4 is 25.6 Å². The quantitative estimate of drug-likeness (QED) is 0.786. The van der Waals surface area contributed by atoms with Gasteiger partial charge in [-0.3, -0.25) is 4.79 Å². The molecule has 0 aromatic heterocycles. The van der Waals surface area contributed by atoms with Gasteiger partial charge in [0.25, 0.3) is 0 Å². The Bertz CT molecular complexity index is 720. The average molecular weight is 327 g/mol. The maximum absolute atomic E-state index is 12.5. The first-order chi connectivity index (χ1) is 11.7. The number of hydrazine groups is 1. The molecule has 1 aliphatic heterocycles. The minimum Gasteiger partial charge on any atom is -0.497 e. The van der Waals surface area contributed by atoms with Crippen LogP contribution in [0.15, 0.2) is 48.5 Å². The van der Waals surface area contributed by atoms with Crippen molar-refractivity contribution in [2.75, 3.05) is 19.5 Å². The van der Waals surface area contributed by atoms with Gasteiger partial charge in [0.15, 0.2) is 0 Å². The van der Waals surface area contributed by atoms with E-state index in [4.69, 9.17) is 9.47 Å². The largest absolute Gasteiger partial charge is 0.497 e. The number of anilines is 1. The number of methoxy groups -OCH3 is 2. The average Bonchev–Trinajstić information content (AvgIpc) is 3.12. The van der Waals surface area contributed by atoms with Crippen LogP contribution in [0.4, 0.5) is 5.69 Å². The summed E-state index contributed by atoms with van der Waals surface area (Å²) < 4.78 is 10.5. The maximum Gasteiger partial charge on any atom is 0.243 e. The first-order valence-corrected chi connectivity index (χ1v) is 7.80. The van der Waals surface area contributed by atoms with Crippen LogP contribution in [0.2, 0.25) is 0 Å². The summed E-state index contributed by atoms with van der Waals surface area (Å²) in [5.41, 5.74) is 7.97. The zero-order valence-corrected chi connectivity index (χ0v) is 13.7. The van der Waals surface area contributed by atoms with Crippen LogP contribution in [0.1, 0.15) is 18.0 Å². The number of nitrogens with one attached hydrogen (secondary N) is 3. The highest BCUT2D eigenvalue weighted by molar-refractivity contribution is 5.96. The van der Waals surface area contributed by atoms with Crippen molar-refractivity contribution in [3.05, 3.63) is 54.1 Å². The molecule has 24 heavy (non-hydrogen) atoms. The number of carbonyl (C=O) groups is 1. The Labute approximate surface area is 141 Å². The zero-order valence-electron chi connectivity index (χ0n) is 13.7. The van der Waals surface area contributed by atoms with Gasteiger partial charge in [-0.1, -0.05) is 24.3 Å². The Morgan fingerprint density at radius 2 is 1.92 bits per heavy atom. The maximum atomic E-state index is 12.5. The Morgan fingerprint density at radius 1 is 1.08 bits per heavy atom. The fourth-order valence-electron chi connectivity index (χ4n) is 2.77. The molecule has 1 amide bonds. The first-order valence-electron chi connectivity index (χ1n) is 7.80. The van der Waals surface area contributed by atoms with Crippen molar-refractivity contribution in [1.82, 2.24) is 10.9 Å². The van der Waals surface area contributed by atoms with Gasteiger partial charge in [-0.25, -0.2) is 10.9 Å². The molecule has 0 bridgehead atoms. The summed E-state index contributed by atoms with van der Waals surface area (Å²) in [7, 11) is 3.22. The van der Waals surface area contributed by atoms with E-state index in [9.17, 15) is 4.79 Å². The van der Waals surface area contributed by atoms with Gasteiger partial charge in [0, 0.05) is 6.04 Å². The predicted molar refractivity (Wildman–Crippen MR) is 92.0 cm³/mol. The molecule has 2 atom stereocenters. The van der Waals surface area contributed by atoms with Gasteiger partial charge in [0.2, 0.25) is 5.91 Å². The molecule has 1 saturated heterocycles. The molecule has 3 N–H and O–H groups in total. The summed E-state index contributed by atoms with van der Waals surface area (Å²) in [5.74, 6) is 1.34. The lowest BCUT2D eigenvalue weighted by molar-refractivity contribution is -0.117. The van der Waals surface area contributed by atoms with E-state index in [0.717, 1.165) is 11.3 Å². The van der Waals surface area contributed by atoms with E-state index in [0.29, 0.717) is 17.9 Å². The van der Waals surface area contributed by atoms with Crippen molar-refractivity contribution >= 4 is 11.6 Å². The lowest BCUT2D eigenvalue weighted by Gasteiger charge is -2.13. The Hall–Kier alpha value is -2.57. The lowest BCUT2D eigenvalue weighted by Crippen LogP contribution is -2.39. The lowest BCUT2D eigenvalue weighted by atomic mass is 10.0. The third-order valence-corrected chi connectivity index (χ3v) is 4.08. The fraction of sp³-hybridized carbons (Fsp3) is 0.278. The van der Waals surface area contributed by atoms with Crippen molar-refractivity contribution in [3.63, 3.8) is 0 Å². The van der Waals surface area contributed by atoms with Gasteiger partial charge in [-0.2, -0.15) is 0 Å². The summed E-state index contributed by atoms with van der Waals surface area (Å²) in [4.78, 5) is 12.5. The summed E-state index contributed by atoms with van der Waals surface area (Å²) in [6, 6.07) is 14.9. The van der Waals surface area contributed by atoms with Crippen LogP contribution in [-0.4, -0.2) is 26.2 Å². The molecule has 2 unspecified atom stereocenters. The summed E-state index contributed by atoms with van der Waals surface area (Å²) >= 11 is 0. The Morgan fingerprint density at radius 3 is 2.71 bits per heavy atom. The van der Waals surface area contributed by atoms with Crippen LogP contribution in [0.25, 0.3) is 0 Å². The molecule has 0 saturated carbocycles. The van der Waals surface area contributed by atoms with Gasteiger partial charge < -0.3 is 14.8 Å². The van der Waals surface area contributed by atoms with E-state index in [-0.39, 0.29) is 18.0 Å². The second-order valence-electron chi connectivity index (χ2n) is 5.60. The number of carbonyl (C=O) groups excluding carboxylic acids is 1.